The maximum absolute atomic E-state index is 2.39. The Bertz CT molecular complexity index is 338. The first-order chi connectivity index (χ1) is 6.61. The molecule has 0 bridgehead atoms. The van der Waals surface area contributed by atoms with Crippen LogP contribution in [0.25, 0.3) is 0 Å². The molecule has 0 spiro atoms. The fraction of sp³-hybridized carbons (Fsp3) is 0.571. The molecule has 0 heterocycles. The highest BCUT2D eigenvalue weighted by Gasteiger charge is 2.28. The number of hydrogen-bond donors (Lipinski definition) is 0. The molecule has 0 saturated carbocycles. The van der Waals surface area contributed by atoms with Crippen LogP contribution in [0.2, 0.25) is 0 Å². The van der Waals surface area contributed by atoms with Crippen molar-refractivity contribution < 1.29 is 0 Å². The topological polar surface area (TPSA) is 0 Å². The van der Waals surface area contributed by atoms with Crippen LogP contribution < -0.4 is 0 Å². The predicted octanol–water partition coefficient (Wildman–Crippen LogP) is 3.93. The first-order valence-electron chi connectivity index (χ1n) is 5.69. The molecule has 2 rings (SSSR count). The van der Waals surface area contributed by atoms with Crippen molar-refractivity contribution in [3.8, 4) is 0 Å². The number of aryl methyl sites for hydroxylation is 1. The van der Waals surface area contributed by atoms with Crippen molar-refractivity contribution in [2.24, 2.45) is 11.8 Å². The number of fused-ring (bicyclic) bond motifs is 1. The molecule has 0 fully saturated rings. The SMILES string of the molecule is Cc1cccc2c1C(C)C(C)C(C)C2. The third kappa shape index (κ3) is 1.37. The lowest BCUT2D eigenvalue weighted by Crippen LogP contribution is -2.24. The molecule has 0 radical (unpaired) electrons. The first kappa shape index (κ1) is 9.76. The zero-order valence-electron chi connectivity index (χ0n) is 9.67. The minimum absolute atomic E-state index is 0.731. The van der Waals surface area contributed by atoms with Crippen LogP contribution in [0.1, 0.15) is 43.4 Å². The lowest BCUT2D eigenvalue weighted by molar-refractivity contribution is 0.312. The predicted molar refractivity (Wildman–Crippen MR) is 61.6 cm³/mol. The fourth-order valence-corrected chi connectivity index (χ4v) is 2.86. The minimum atomic E-state index is 0.731. The second-order valence-electron chi connectivity index (χ2n) is 4.98. The van der Waals surface area contributed by atoms with Gasteiger partial charge in [-0.2, -0.15) is 0 Å². The van der Waals surface area contributed by atoms with E-state index in [9.17, 15) is 0 Å². The van der Waals surface area contributed by atoms with Crippen LogP contribution in [0.15, 0.2) is 18.2 Å². The molecule has 1 aromatic rings. The molecule has 1 aromatic carbocycles. The van der Waals surface area contributed by atoms with Gasteiger partial charge in [0.25, 0.3) is 0 Å². The van der Waals surface area contributed by atoms with Gasteiger partial charge in [-0.15, -0.1) is 0 Å². The van der Waals surface area contributed by atoms with E-state index in [1.807, 2.05) is 0 Å². The van der Waals surface area contributed by atoms with Crippen molar-refractivity contribution in [3.05, 3.63) is 34.9 Å². The summed E-state index contributed by atoms with van der Waals surface area (Å²) in [6, 6.07) is 6.75. The highest BCUT2D eigenvalue weighted by atomic mass is 14.3. The average molecular weight is 188 g/mol. The van der Waals surface area contributed by atoms with Crippen molar-refractivity contribution in [1.82, 2.24) is 0 Å². The molecule has 1 aliphatic rings. The lowest BCUT2D eigenvalue weighted by Gasteiger charge is -2.35. The lowest BCUT2D eigenvalue weighted by atomic mass is 9.70. The standard InChI is InChI=1S/C14H20/c1-9-6-5-7-13-8-10(2)11(3)12(4)14(9)13/h5-7,10-12H,8H2,1-4H3. The maximum Gasteiger partial charge on any atom is -0.0157 e. The summed E-state index contributed by atoms with van der Waals surface area (Å²) in [6.07, 6.45) is 1.27. The molecule has 76 valence electrons. The van der Waals surface area contributed by atoms with Gasteiger partial charge >= 0.3 is 0 Å². The summed E-state index contributed by atoms with van der Waals surface area (Å²) in [5.74, 6) is 2.39. The van der Waals surface area contributed by atoms with Gasteiger partial charge in [0, 0.05) is 0 Å². The second kappa shape index (κ2) is 3.42. The number of benzene rings is 1. The monoisotopic (exact) mass is 188 g/mol. The Morgan fingerprint density at radius 1 is 1.14 bits per heavy atom. The van der Waals surface area contributed by atoms with Gasteiger partial charge in [-0.1, -0.05) is 39.0 Å². The summed E-state index contributed by atoms with van der Waals surface area (Å²) >= 11 is 0. The third-order valence-corrected chi connectivity index (χ3v) is 4.10. The van der Waals surface area contributed by atoms with Gasteiger partial charge in [0.1, 0.15) is 0 Å². The van der Waals surface area contributed by atoms with Gasteiger partial charge in [0.05, 0.1) is 0 Å². The van der Waals surface area contributed by atoms with Gasteiger partial charge in [-0.05, 0) is 47.8 Å². The van der Waals surface area contributed by atoms with Gasteiger partial charge < -0.3 is 0 Å². The van der Waals surface area contributed by atoms with E-state index in [1.165, 1.54) is 12.0 Å². The van der Waals surface area contributed by atoms with E-state index in [2.05, 4.69) is 45.9 Å². The van der Waals surface area contributed by atoms with Gasteiger partial charge in [0.15, 0.2) is 0 Å². The van der Waals surface area contributed by atoms with E-state index < -0.39 is 0 Å². The highest BCUT2D eigenvalue weighted by Crippen LogP contribution is 2.40. The van der Waals surface area contributed by atoms with Crippen LogP contribution >= 0.6 is 0 Å². The summed E-state index contributed by atoms with van der Waals surface area (Å²) < 4.78 is 0. The third-order valence-electron chi connectivity index (χ3n) is 4.10. The van der Waals surface area contributed by atoms with Crippen molar-refractivity contribution >= 4 is 0 Å². The summed E-state index contributed by atoms with van der Waals surface area (Å²) in [4.78, 5) is 0. The zero-order valence-corrected chi connectivity index (χ0v) is 9.67. The van der Waals surface area contributed by atoms with Gasteiger partial charge in [-0.25, -0.2) is 0 Å². The van der Waals surface area contributed by atoms with E-state index >= 15 is 0 Å². The molecular formula is C14H20. The zero-order chi connectivity index (χ0) is 10.3. The molecule has 0 aliphatic heterocycles. The summed E-state index contributed by atoms with van der Waals surface area (Å²) in [5, 5.41) is 0. The summed E-state index contributed by atoms with van der Waals surface area (Å²) in [7, 11) is 0. The number of hydrogen-bond acceptors (Lipinski definition) is 0. The van der Waals surface area contributed by atoms with Crippen molar-refractivity contribution in [3.63, 3.8) is 0 Å². The Hall–Kier alpha value is -0.780. The quantitative estimate of drug-likeness (QED) is 0.578. The molecule has 3 unspecified atom stereocenters. The molecule has 0 N–H and O–H groups in total. The Morgan fingerprint density at radius 3 is 2.57 bits per heavy atom. The van der Waals surface area contributed by atoms with Crippen molar-refractivity contribution in [2.45, 2.75) is 40.0 Å². The van der Waals surface area contributed by atoms with Crippen LogP contribution in [-0.2, 0) is 6.42 Å². The van der Waals surface area contributed by atoms with E-state index in [0.717, 1.165) is 17.8 Å². The van der Waals surface area contributed by atoms with Crippen LogP contribution in [0.4, 0.5) is 0 Å². The van der Waals surface area contributed by atoms with E-state index in [0.29, 0.717) is 0 Å². The van der Waals surface area contributed by atoms with Crippen molar-refractivity contribution in [1.29, 1.82) is 0 Å². The molecule has 0 nitrogen and oxygen atoms in total. The summed E-state index contributed by atoms with van der Waals surface area (Å²) in [6.45, 7) is 9.40. The Labute approximate surface area is 87.3 Å². The molecule has 0 amide bonds. The Morgan fingerprint density at radius 2 is 1.86 bits per heavy atom. The highest BCUT2D eigenvalue weighted by molar-refractivity contribution is 5.39. The maximum atomic E-state index is 2.39. The fourth-order valence-electron chi connectivity index (χ4n) is 2.86. The van der Waals surface area contributed by atoms with E-state index in [-0.39, 0.29) is 0 Å². The molecule has 0 aromatic heterocycles. The second-order valence-corrected chi connectivity index (χ2v) is 4.98. The molecule has 3 atom stereocenters. The minimum Gasteiger partial charge on any atom is -0.0619 e. The van der Waals surface area contributed by atoms with Crippen LogP contribution in [-0.4, -0.2) is 0 Å². The molecule has 1 aliphatic carbocycles. The van der Waals surface area contributed by atoms with E-state index in [1.54, 1.807) is 11.1 Å². The van der Waals surface area contributed by atoms with Gasteiger partial charge in [0.2, 0.25) is 0 Å². The van der Waals surface area contributed by atoms with Crippen LogP contribution in [0, 0.1) is 18.8 Å². The first-order valence-corrected chi connectivity index (χ1v) is 5.69. The number of rotatable bonds is 0. The Balaban J connectivity index is 2.51. The normalized spacial score (nSPS) is 31.3. The molecule has 14 heavy (non-hydrogen) atoms. The van der Waals surface area contributed by atoms with Gasteiger partial charge in [-0.3, -0.25) is 0 Å². The van der Waals surface area contributed by atoms with E-state index in [4.69, 9.17) is 0 Å². The largest absolute Gasteiger partial charge is 0.0619 e. The molecule has 0 saturated heterocycles. The molecule has 0 heteroatoms. The van der Waals surface area contributed by atoms with Crippen LogP contribution in [0.3, 0.4) is 0 Å². The van der Waals surface area contributed by atoms with Crippen molar-refractivity contribution in [2.75, 3.05) is 0 Å². The smallest absolute Gasteiger partial charge is 0.0157 e. The average Bonchev–Trinajstić information content (AvgIpc) is 2.14. The molecular weight excluding hydrogens is 168 g/mol. The van der Waals surface area contributed by atoms with Crippen LogP contribution in [0.5, 0.6) is 0 Å². The Kier molecular flexibility index (Phi) is 2.38. The summed E-state index contributed by atoms with van der Waals surface area (Å²) in [5.41, 5.74) is 4.69.